The number of ketones is 1. The van der Waals surface area contributed by atoms with Gasteiger partial charge in [0.05, 0.1) is 30.5 Å². The first-order valence-electron chi connectivity index (χ1n) is 11.8. The Balaban J connectivity index is 1.81. The van der Waals surface area contributed by atoms with E-state index in [0.29, 0.717) is 29.3 Å². The molecule has 1 amide bonds. The van der Waals surface area contributed by atoms with Crippen molar-refractivity contribution < 1.29 is 24.2 Å². The van der Waals surface area contributed by atoms with Gasteiger partial charge in [-0.3, -0.25) is 9.59 Å². The van der Waals surface area contributed by atoms with Crippen molar-refractivity contribution in [3.05, 3.63) is 70.7 Å². The molecule has 0 bridgehead atoms. The van der Waals surface area contributed by atoms with Gasteiger partial charge in [-0.15, -0.1) is 0 Å². The Hall–Kier alpha value is -3.65. The summed E-state index contributed by atoms with van der Waals surface area (Å²) in [4.78, 5) is 32.3. The number of methoxy groups -OCH3 is 1. The number of fused-ring (bicyclic) bond motifs is 1. The molecule has 1 saturated heterocycles. The van der Waals surface area contributed by atoms with Gasteiger partial charge in [0, 0.05) is 19.9 Å². The molecule has 1 aliphatic rings. The smallest absolute Gasteiger partial charge is 0.295 e. The van der Waals surface area contributed by atoms with Crippen molar-refractivity contribution in [1.29, 1.82) is 0 Å². The number of likely N-dealkylation sites (tertiary alicyclic amines) is 1. The van der Waals surface area contributed by atoms with Crippen LogP contribution in [0.5, 0.6) is 5.75 Å². The van der Waals surface area contributed by atoms with Gasteiger partial charge in [-0.05, 0) is 49.6 Å². The van der Waals surface area contributed by atoms with Crippen LogP contribution in [-0.4, -0.2) is 57.9 Å². The quantitative estimate of drug-likeness (QED) is 0.215. The van der Waals surface area contributed by atoms with E-state index in [-0.39, 0.29) is 30.2 Å². The van der Waals surface area contributed by atoms with E-state index in [2.05, 4.69) is 11.9 Å². The summed E-state index contributed by atoms with van der Waals surface area (Å²) in [7, 11) is 1.54. The van der Waals surface area contributed by atoms with Gasteiger partial charge >= 0.3 is 0 Å². The zero-order valence-electron chi connectivity index (χ0n) is 20.6. The molecule has 0 radical (unpaired) electrons. The predicted octanol–water partition coefficient (Wildman–Crippen LogP) is 4.20. The Morgan fingerprint density at radius 2 is 1.86 bits per heavy atom. The van der Waals surface area contributed by atoms with Crippen molar-refractivity contribution in [2.24, 2.45) is 0 Å². The lowest BCUT2D eigenvalue weighted by molar-refractivity contribution is -0.140. The van der Waals surface area contributed by atoms with Gasteiger partial charge in [-0.1, -0.05) is 31.5 Å². The molecule has 3 aromatic rings. The molecule has 0 saturated carbocycles. The third-order valence-corrected chi connectivity index (χ3v) is 6.35. The van der Waals surface area contributed by atoms with Crippen molar-refractivity contribution >= 4 is 23.1 Å². The number of unbranched alkanes of at least 4 members (excludes halogenated alkanes) is 1. The highest BCUT2D eigenvalue weighted by molar-refractivity contribution is 6.46. The van der Waals surface area contributed by atoms with Gasteiger partial charge in [0.15, 0.2) is 5.76 Å². The number of ether oxygens (including phenoxy) is 2. The number of Topliss-reactive ketones (excluding diaryl/α,β-unsaturated/α-hetero) is 1. The van der Waals surface area contributed by atoms with Crippen LogP contribution in [0.1, 0.15) is 48.3 Å². The maximum absolute atomic E-state index is 13.2. The molecule has 35 heavy (non-hydrogen) atoms. The minimum Gasteiger partial charge on any atom is -0.505 e. The standard InChI is InChI=1S/C27H31N3O5/c1-5-6-15-35-20-11-9-19(10-12-20)23-21(25(32)27(33)30(23)14-16-34-4)24(31)22-18(3)29-13-7-8-17(2)26(29)28-22/h7-13,23,31H,5-6,14-16H2,1-4H3. The molecule has 1 unspecified atom stereocenters. The van der Waals surface area contributed by atoms with Crippen LogP contribution in [0.4, 0.5) is 0 Å². The van der Waals surface area contributed by atoms with E-state index in [1.165, 1.54) is 12.0 Å². The molecule has 184 valence electrons. The van der Waals surface area contributed by atoms with Crippen LogP contribution in [0.15, 0.2) is 48.2 Å². The number of pyridine rings is 1. The molecule has 1 N–H and O–H groups in total. The fraction of sp³-hybridized carbons (Fsp3) is 0.370. The minimum atomic E-state index is -0.764. The van der Waals surface area contributed by atoms with Crippen LogP contribution in [-0.2, 0) is 14.3 Å². The summed E-state index contributed by atoms with van der Waals surface area (Å²) in [5, 5.41) is 11.4. The van der Waals surface area contributed by atoms with Crippen molar-refractivity contribution in [2.45, 2.75) is 39.7 Å². The molecule has 1 aliphatic heterocycles. The summed E-state index contributed by atoms with van der Waals surface area (Å²) in [6, 6.07) is 10.4. The van der Waals surface area contributed by atoms with E-state index in [0.717, 1.165) is 18.4 Å². The fourth-order valence-electron chi connectivity index (χ4n) is 4.40. The van der Waals surface area contributed by atoms with Crippen LogP contribution < -0.4 is 4.74 Å². The first kappa shape index (κ1) is 24.5. The zero-order chi connectivity index (χ0) is 25.1. The number of carbonyl (C=O) groups excluding carboxylic acids is 2. The Morgan fingerprint density at radius 1 is 1.11 bits per heavy atom. The summed E-state index contributed by atoms with van der Waals surface area (Å²) < 4.78 is 12.8. The molecule has 0 aliphatic carbocycles. The number of nitrogens with zero attached hydrogens (tertiary/aromatic N) is 3. The summed E-state index contributed by atoms with van der Waals surface area (Å²) in [6.45, 7) is 6.94. The van der Waals surface area contributed by atoms with Crippen molar-refractivity contribution in [3.8, 4) is 5.75 Å². The van der Waals surface area contributed by atoms with Gasteiger partial charge in [0.1, 0.15) is 17.1 Å². The van der Waals surface area contributed by atoms with E-state index < -0.39 is 17.7 Å². The molecular formula is C27H31N3O5. The number of hydrogen-bond donors (Lipinski definition) is 1. The third-order valence-electron chi connectivity index (χ3n) is 6.35. The number of amides is 1. The topological polar surface area (TPSA) is 93.4 Å². The molecule has 1 atom stereocenters. The number of benzene rings is 1. The Morgan fingerprint density at radius 3 is 2.51 bits per heavy atom. The molecule has 3 heterocycles. The maximum Gasteiger partial charge on any atom is 0.295 e. The van der Waals surface area contributed by atoms with Crippen molar-refractivity contribution in [3.63, 3.8) is 0 Å². The highest BCUT2D eigenvalue weighted by Crippen LogP contribution is 2.40. The summed E-state index contributed by atoms with van der Waals surface area (Å²) >= 11 is 0. The Kier molecular flexibility index (Phi) is 7.21. The second-order valence-corrected chi connectivity index (χ2v) is 8.69. The van der Waals surface area contributed by atoms with Crippen LogP contribution in [0, 0.1) is 13.8 Å². The summed E-state index contributed by atoms with van der Waals surface area (Å²) in [6.07, 6.45) is 3.85. The second kappa shape index (κ2) is 10.3. The molecular weight excluding hydrogens is 446 g/mol. The summed E-state index contributed by atoms with van der Waals surface area (Å²) in [5.74, 6) is -0.977. The predicted molar refractivity (Wildman–Crippen MR) is 132 cm³/mol. The number of aromatic nitrogens is 2. The molecule has 8 nitrogen and oxygen atoms in total. The van der Waals surface area contributed by atoms with Crippen LogP contribution >= 0.6 is 0 Å². The van der Waals surface area contributed by atoms with E-state index in [1.54, 1.807) is 0 Å². The molecule has 8 heteroatoms. The van der Waals surface area contributed by atoms with Crippen molar-refractivity contribution in [2.75, 3.05) is 26.9 Å². The minimum absolute atomic E-state index is 0.0231. The van der Waals surface area contributed by atoms with Crippen LogP contribution in [0.3, 0.4) is 0 Å². The van der Waals surface area contributed by atoms with Crippen molar-refractivity contribution in [1.82, 2.24) is 14.3 Å². The van der Waals surface area contributed by atoms with E-state index in [9.17, 15) is 14.7 Å². The SMILES string of the molecule is CCCCOc1ccc(C2C(=C(O)c3nc4c(C)cccn4c3C)C(=O)C(=O)N2CCOC)cc1. The van der Waals surface area contributed by atoms with Gasteiger partial charge < -0.3 is 23.9 Å². The number of aryl methyl sites for hydroxylation is 2. The maximum atomic E-state index is 13.2. The average molecular weight is 478 g/mol. The van der Waals surface area contributed by atoms with E-state index in [4.69, 9.17) is 9.47 Å². The number of hydrogen-bond acceptors (Lipinski definition) is 6. The first-order valence-corrected chi connectivity index (χ1v) is 11.8. The highest BCUT2D eigenvalue weighted by Gasteiger charge is 2.46. The largest absolute Gasteiger partial charge is 0.505 e. The first-order chi connectivity index (χ1) is 16.9. The Labute approximate surface area is 204 Å². The highest BCUT2D eigenvalue weighted by atomic mass is 16.5. The fourth-order valence-corrected chi connectivity index (χ4v) is 4.40. The van der Waals surface area contributed by atoms with Gasteiger partial charge in [0.2, 0.25) is 0 Å². The van der Waals surface area contributed by atoms with E-state index in [1.807, 2.05) is 60.8 Å². The van der Waals surface area contributed by atoms with Crippen LogP contribution in [0.25, 0.3) is 11.4 Å². The monoisotopic (exact) mass is 477 g/mol. The van der Waals surface area contributed by atoms with Gasteiger partial charge in [0.25, 0.3) is 11.7 Å². The summed E-state index contributed by atoms with van der Waals surface area (Å²) in [5.41, 5.74) is 3.31. The Bertz CT molecular complexity index is 1280. The van der Waals surface area contributed by atoms with Gasteiger partial charge in [-0.25, -0.2) is 4.98 Å². The molecule has 0 spiro atoms. The van der Waals surface area contributed by atoms with E-state index >= 15 is 0 Å². The normalized spacial score (nSPS) is 17.5. The average Bonchev–Trinajstić information content (AvgIpc) is 3.33. The molecule has 4 rings (SSSR count). The number of imidazole rings is 1. The molecule has 2 aromatic heterocycles. The zero-order valence-corrected chi connectivity index (χ0v) is 20.6. The number of rotatable bonds is 9. The van der Waals surface area contributed by atoms with Crippen LogP contribution in [0.2, 0.25) is 0 Å². The number of carbonyl (C=O) groups is 2. The number of aliphatic hydroxyl groups is 1. The van der Waals surface area contributed by atoms with Gasteiger partial charge in [-0.2, -0.15) is 0 Å². The molecule has 1 fully saturated rings. The lowest BCUT2D eigenvalue weighted by Gasteiger charge is -2.25. The second-order valence-electron chi connectivity index (χ2n) is 8.69. The lowest BCUT2D eigenvalue weighted by Crippen LogP contribution is -2.32. The molecule has 1 aromatic carbocycles. The lowest BCUT2D eigenvalue weighted by atomic mass is 9.96. The number of aliphatic hydroxyl groups excluding tert-OH is 1. The third kappa shape index (κ3) is 4.53.